The number of fused-ring (bicyclic) bond motifs is 1. The average molecular weight is 174 g/mol. The molecule has 0 aromatic heterocycles. The molecule has 70 valence electrons. The molecule has 1 aromatic carbocycles. The van der Waals surface area contributed by atoms with E-state index in [0.29, 0.717) is 0 Å². The third kappa shape index (κ3) is 1.50. The van der Waals surface area contributed by atoms with Crippen molar-refractivity contribution in [3.63, 3.8) is 0 Å². The van der Waals surface area contributed by atoms with Gasteiger partial charge in [-0.15, -0.1) is 0 Å². The predicted octanol–water partition coefficient (Wildman–Crippen LogP) is 3.43. The predicted molar refractivity (Wildman–Crippen MR) is 57.1 cm³/mol. The van der Waals surface area contributed by atoms with E-state index < -0.39 is 0 Å². The fourth-order valence-corrected chi connectivity index (χ4v) is 2.34. The Labute approximate surface area is 81.0 Å². The van der Waals surface area contributed by atoms with Crippen molar-refractivity contribution >= 4 is 0 Å². The summed E-state index contributed by atoms with van der Waals surface area (Å²) in [7, 11) is 0. The van der Waals surface area contributed by atoms with Crippen LogP contribution in [0.2, 0.25) is 0 Å². The maximum atomic E-state index is 2.36. The topological polar surface area (TPSA) is 0 Å². The van der Waals surface area contributed by atoms with E-state index in [1.165, 1.54) is 30.4 Å². The zero-order valence-electron chi connectivity index (χ0n) is 8.85. The molecule has 13 heavy (non-hydrogen) atoms. The Morgan fingerprint density at radius 3 is 2.77 bits per heavy atom. The molecule has 0 radical (unpaired) electrons. The van der Waals surface area contributed by atoms with Crippen LogP contribution in [0.5, 0.6) is 0 Å². The van der Waals surface area contributed by atoms with Crippen molar-refractivity contribution in [3.8, 4) is 0 Å². The maximum Gasteiger partial charge on any atom is -0.0250 e. The van der Waals surface area contributed by atoms with Gasteiger partial charge >= 0.3 is 0 Å². The average Bonchev–Trinajstić information content (AvgIpc) is 2.12. The van der Waals surface area contributed by atoms with Gasteiger partial charge in [0.15, 0.2) is 0 Å². The fourth-order valence-electron chi connectivity index (χ4n) is 2.34. The molecule has 0 heteroatoms. The van der Waals surface area contributed by atoms with Crippen LogP contribution in [0.3, 0.4) is 0 Å². The standard InChI is InChI=1S/C13H18/c1-9-4-7-13-11(3)10(2)5-6-12(13)8-9/h5-6,9H,4,7-8H2,1-3H3/t9-/m0/s1. The van der Waals surface area contributed by atoms with Crippen molar-refractivity contribution in [2.75, 3.05) is 0 Å². The Kier molecular flexibility index (Phi) is 2.15. The van der Waals surface area contributed by atoms with Crippen molar-refractivity contribution in [1.29, 1.82) is 0 Å². The Hall–Kier alpha value is -0.780. The van der Waals surface area contributed by atoms with Crippen molar-refractivity contribution in [2.24, 2.45) is 5.92 Å². The van der Waals surface area contributed by atoms with Gasteiger partial charge in [0.2, 0.25) is 0 Å². The van der Waals surface area contributed by atoms with Gasteiger partial charge in [0.05, 0.1) is 0 Å². The van der Waals surface area contributed by atoms with Gasteiger partial charge in [-0.3, -0.25) is 0 Å². The van der Waals surface area contributed by atoms with Gasteiger partial charge in [-0.25, -0.2) is 0 Å². The van der Waals surface area contributed by atoms with Crippen LogP contribution < -0.4 is 0 Å². The van der Waals surface area contributed by atoms with E-state index in [1.807, 2.05) is 0 Å². The van der Waals surface area contributed by atoms with Gasteiger partial charge in [-0.1, -0.05) is 19.1 Å². The van der Waals surface area contributed by atoms with E-state index in [4.69, 9.17) is 0 Å². The molecule has 1 atom stereocenters. The van der Waals surface area contributed by atoms with Gasteiger partial charge in [-0.2, -0.15) is 0 Å². The number of hydrogen-bond acceptors (Lipinski definition) is 0. The zero-order chi connectivity index (χ0) is 9.42. The van der Waals surface area contributed by atoms with Crippen molar-refractivity contribution in [3.05, 3.63) is 34.4 Å². The molecule has 0 spiro atoms. The quantitative estimate of drug-likeness (QED) is 0.565. The molecule has 1 aromatic rings. The summed E-state index contributed by atoms with van der Waals surface area (Å²) in [4.78, 5) is 0. The van der Waals surface area contributed by atoms with E-state index in [1.54, 1.807) is 11.1 Å². The van der Waals surface area contributed by atoms with Gasteiger partial charge < -0.3 is 0 Å². The van der Waals surface area contributed by atoms with Crippen molar-refractivity contribution < 1.29 is 0 Å². The number of hydrogen-bond donors (Lipinski definition) is 0. The minimum Gasteiger partial charge on any atom is -0.0622 e. The molecule has 0 saturated heterocycles. The van der Waals surface area contributed by atoms with Crippen molar-refractivity contribution in [2.45, 2.75) is 40.0 Å². The van der Waals surface area contributed by atoms with E-state index in [9.17, 15) is 0 Å². The molecule has 0 heterocycles. The fraction of sp³-hybridized carbons (Fsp3) is 0.538. The second-order valence-electron chi connectivity index (χ2n) is 4.49. The molecule has 0 amide bonds. The van der Waals surface area contributed by atoms with Gasteiger partial charge in [-0.05, 0) is 61.3 Å². The first-order chi connectivity index (χ1) is 6.18. The summed E-state index contributed by atoms with van der Waals surface area (Å²) < 4.78 is 0. The highest BCUT2D eigenvalue weighted by Crippen LogP contribution is 2.28. The Bertz CT molecular complexity index is 323. The largest absolute Gasteiger partial charge is 0.0622 e. The van der Waals surface area contributed by atoms with Crippen LogP contribution in [0, 0.1) is 19.8 Å². The zero-order valence-corrected chi connectivity index (χ0v) is 8.85. The van der Waals surface area contributed by atoms with Crippen LogP contribution in [-0.4, -0.2) is 0 Å². The van der Waals surface area contributed by atoms with Crippen LogP contribution in [0.4, 0.5) is 0 Å². The molecule has 1 aliphatic rings. The van der Waals surface area contributed by atoms with Gasteiger partial charge in [0.1, 0.15) is 0 Å². The van der Waals surface area contributed by atoms with Crippen LogP contribution in [0.1, 0.15) is 35.6 Å². The monoisotopic (exact) mass is 174 g/mol. The van der Waals surface area contributed by atoms with Crippen molar-refractivity contribution in [1.82, 2.24) is 0 Å². The summed E-state index contributed by atoms with van der Waals surface area (Å²) in [6.45, 7) is 6.84. The number of benzene rings is 1. The first kappa shape index (κ1) is 8.80. The highest BCUT2D eigenvalue weighted by Gasteiger charge is 2.16. The highest BCUT2D eigenvalue weighted by molar-refractivity contribution is 5.41. The summed E-state index contributed by atoms with van der Waals surface area (Å²) >= 11 is 0. The summed E-state index contributed by atoms with van der Waals surface area (Å²) in [5.41, 5.74) is 6.22. The minimum absolute atomic E-state index is 0.884. The first-order valence-corrected chi connectivity index (χ1v) is 5.26. The van der Waals surface area contributed by atoms with E-state index in [0.717, 1.165) is 5.92 Å². The molecule has 1 aliphatic carbocycles. The van der Waals surface area contributed by atoms with Gasteiger partial charge in [0, 0.05) is 0 Å². The lowest BCUT2D eigenvalue weighted by Crippen LogP contribution is -2.12. The second kappa shape index (κ2) is 3.17. The van der Waals surface area contributed by atoms with Crippen LogP contribution >= 0.6 is 0 Å². The molecule has 0 N–H and O–H groups in total. The smallest absolute Gasteiger partial charge is 0.0250 e. The molecule has 0 unspecified atom stereocenters. The third-order valence-corrected chi connectivity index (χ3v) is 3.42. The molecule has 0 bridgehead atoms. The first-order valence-electron chi connectivity index (χ1n) is 5.26. The summed E-state index contributed by atoms with van der Waals surface area (Å²) in [6, 6.07) is 4.60. The Balaban J connectivity index is 2.47. The molecule has 0 aliphatic heterocycles. The second-order valence-corrected chi connectivity index (χ2v) is 4.49. The lowest BCUT2D eigenvalue weighted by atomic mass is 9.82. The normalized spacial score (nSPS) is 21.3. The van der Waals surface area contributed by atoms with E-state index >= 15 is 0 Å². The maximum absolute atomic E-state index is 2.36. The van der Waals surface area contributed by atoms with Crippen LogP contribution in [0.25, 0.3) is 0 Å². The lowest BCUT2D eigenvalue weighted by molar-refractivity contribution is 0.499. The van der Waals surface area contributed by atoms with Crippen LogP contribution in [-0.2, 0) is 12.8 Å². The molecular formula is C13H18. The minimum atomic E-state index is 0.884. The Morgan fingerprint density at radius 2 is 2.00 bits per heavy atom. The number of aryl methyl sites for hydroxylation is 1. The highest BCUT2D eigenvalue weighted by atomic mass is 14.2. The number of rotatable bonds is 0. The molecule has 0 fully saturated rings. The molecule has 0 nitrogen and oxygen atoms in total. The molecular weight excluding hydrogens is 156 g/mol. The third-order valence-electron chi connectivity index (χ3n) is 3.42. The van der Waals surface area contributed by atoms with E-state index in [2.05, 4.69) is 32.9 Å². The molecule has 2 rings (SSSR count). The summed E-state index contributed by atoms with van der Waals surface area (Å²) in [5.74, 6) is 0.884. The summed E-state index contributed by atoms with van der Waals surface area (Å²) in [5, 5.41) is 0. The molecule has 0 saturated carbocycles. The van der Waals surface area contributed by atoms with E-state index in [-0.39, 0.29) is 0 Å². The SMILES string of the molecule is Cc1ccc2c(c1C)CC[C@H](C)C2. The van der Waals surface area contributed by atoms with Gasteiger partial charge in [0.25, 0.3) is 0 Å². The Morgan fingerprint density at radius 1 is 1.23 bits per heavy atom. The summed E-state index contributed by atoms with van der Waals surface area (Å²) in [6.07, 6.45) is 3.96. The van der Waals surface area contributed by atoms with Crippen LogP contribution in [0.15, 0.2) is 12.1 Å². The lowest BCUT2D eigenvalue weighted by Gasteiger charge is -2.23.